The average molecular weight is 710 g/mol. The van der Waals surface area contributed by atoms with Gasteiger partial charge in [0, 0.05) is 21.9 Å². The van der Waals surface area contributed by atoms with Crippen LogP contribution in [-0.2, 0) is 5.41 Å². The molecule has 0 N–H and O–H groups in total. The zero-order chi connectivity index (χ0) is 37.9. The van der Waals surface area contributed by atoms with Crippen LogP contribution < -0.4 is 0 Å². The molecule has 0 aliphatic heterocycles. The molecule has 0 bridgehead atoms. The normalized spacial score (nSPS) is 12.2. The third-order valence-electron chi connectivity index (χ3n) is 11.0. The summed E-state index contributed by atoms with van der Waals surface area (Å²) in [4.78, 5) is 0. The van der Waals surface area contributed by atoms with Gasteiger partial charge in [-0.2, -0.15) is 0 Å². The fourth-order valence-corrected chi connectivity index (χ4v) is 8.16. The lowest BCUT2D eigenvalue weighted by Gasteiger charge is -2.21. The van der Waals surface area contributed by atoms with Crippen molar-refractivity contribution in [2.75, 3.05) is 0 Å². The summed E-state index contributed by atoms with van der Waals surface area (Å²) in [5, 5.41) is 2.61. The molecule has 0 saturated heterocycles. The standard InChI is InChI=1S/C25H19N.C16H16.C13H12/c1-18-14-16-19(17-15-18)21-11-7-13-24-25(21)22-10-5-6-12-23(22)26(24)20-8-3-2-4-9-20;1-11-7-6-10-14-15(11)12-8-4-5-9-13(12)16(14,2)3;1-11-7-9-13(10-8-11)12-5-3-2-4-6-12/h2-17H,1H3;4-10H,1-3H3;2-10H,1H3. The molecule has 268 valence electrons. The number of hydrogen-bond acceptors (Lipinski definition) is 0. The fraction of sp³-hybridized carbons (Fsp3) is 0.111. The summed E-state index contributed by atoms with van der Waals surface area (Å²) in [6.07, 6.45) is 0. The van der Waals surface area contributed by atoms with Gasteiger partial charge >= 0.3 is 0 Å². The van der Waals surface area contributed by atoms with Gasteiger partial charge in [0.2, 0.25) is 0 Å². The average Bonchev–Trinajstić information content (AvgIpc) is 3.69. The van der Waals surface area contributed by atoms with Crippen molar-refractivity contribution in [1.29, 1.82) is 0 Å². The number of aromatic nitrogens is 1. The van der Waals surface area contributed by atoms with Gasteiger partial charge in [0.15, 0.2) is 0 Å². The van der Waals surface area contributed by atoms with Gasteiger partial charge < -0.3 is 4.57 Å². The molecule has 0 atom stereocenters. The van der Waals surface area contributed by atoms with Gasteiger partial charge in [-0.25, -0.2) is 0 Å². The number of aryl methyl sites for hydroxylation is 3. The summed E-state index contributed by atoms with van der Waals surface area (Å²) >= 11 is 0. The maximum absolute atomic E-state index is 2.36. The van der Waals surface area contributed by atoms with Gasteiger partial charge in [0.05, 0.1) is 11.0 Å². The highest BCUT2D eigenvalue weighted by molar-refractivity contribution is 6.15. The number of rotatable bonds is 3. The number of para-hydroxylation sites is 2. The van der Waals surface area contributed by atoms with Gasteiger partial charge in [-0.1, -0.05) is 195 Å². The van der Waals surface area contributed by atoms with Crippen LogP contribution in [0.3, 0.4) is 0 Å². The lowest BCUT2D eigenvalue weighted by molar-refractivity contribution is 0.660. The molecule has 0 saturated carbocycles. The minimum atomic E-state index is 0.151. The first kappa shape index (κ1) is 35.6. The lowest BCUT2D eigenvalue weighted by atomic mass is 9.82. The largest absolute Gasteiger partial charge is 0.309 e. The molecule has 9 aromatic rings. The van der Waals surface area contributed by atoms with Crippen LogP contribution in [0.4, 0.5) is 0 Å². The maximum atomic E-state index is 2.36. The molecule has 0 fully saturated rings. The second-order valence-corrected chi connectivity index (χ2v) is 15.2. The van der Waals surface area contributed by atoms with Crippen LogP contribution in [0.15, 0.2) is 194 Å². The molecule has 10 rings (SSSR count). The first-order chi connectivity index (χ1) is 26.8. The Bertz CT molecular complexity index is 2710. The Kier molecular flexibility index (Phi) is 9.79. The van der Waals surface area contributed by atoms with E-state index in [0.29, 0.717) is 0 Å². The van der Waals surface area contributed by atoms with Crippen molar-refractivity contribution >= 4 is 21.8 Å². The lowest BCUT2D eigenvalue weighted by Crippen LogP contribution is -2.14. The van der Waals surface area contributed by atoms with Gasteiger partial charge in [0.1, 0.15) is 0 Å². The van der Waals surface area contributed by atoms with Gasteiger partial charge in [-0.3, -0.25) is 0 Å². The molecular weight excluding hydrogens is 663 g/mol. The molecule has 1 aliphatic carbocycles. The first-order valence-corrected chi connectivity index (χ1v) is 19.3. The van der Waals surface area contributed by atoms with E-state index in [9.17, 15) is 0 Å². The predicted molar refractivity (Wildman–Crippen MR) is 236 cm³/mol. The Morgan fingerprint density at radius 2 is 0.891 bits per heavy atom. The van der Waals surface area contributed by atoms with E-state index in [0.717, 1.165) is 0 Å². The Morgan fingerprint density at radius 1 is 0.382 bits per heavy atom. The van der Waals surface area contributed by atoms with E-state index in [2.05, 4.69) is 227 Å². The fourth-order valence-electron chi connectivity index (χ4n) is 8.16. The number of fused-ring (bicyclic) bond motifs is 6. The Morgan fingerprint density at radius 3 is 1.60 bits per heavy atom. The van der Waals surface area contributed by atoms with Crippen LogP contribution in [0, 0.1) is 20.8 Å². The van der Waals surface area contributed by atoms with Crippen molar-refractivity contribution in [1.82, 2.24) is 4.57 Å². The van der Waals surface area contributed by atoms with E-state index >= 15 is 0 Å². The summed E-state index contributed by atoms with van der Waals surface area (Å²) in [5.41, 5.74) is 18.7. The van der Waals surface area contributed by atoms with Crippen LogP contribution in [-0.4, -0.2) is 4.57 Å². The summed E-state index contributed by atoms with van der Waals surface area (Å²) in [7, 11) is 0. The van der Waals surface area contributed by atoms with Crippen molar-refractivity contribution in [2.45, 2.75) is 40.0 Å². The molecule has 55 heavy (non-hydrogen) atoms. The molecule has 1 aliphatic rings. The van der Waals surface area contributed by atoms with Crippen LogP contribution in [0.1, 0.15) is 41.7 Å². The minimum absolute atomic E-state index is 0.151. The van der Waals surface area contributed by atoms with Gasteiger partial charge in [-0.15, -0.1) is 0 Å². The summed E-state index contributed by atoms with van der Waals surface area (Å²) < 4.78 is 2.36. The Labute approximate surface area is 326 Å². The summed E-state index contributed by atoms with van der Waals surface area (Å²) in [6.45, 7) is 11.1. The SMILES string of the molecule is Cc1ccc(-c2cccc3c2c2ccccc2n3-c2ccccc2)cc1.Cc1ccc(-c2ccccc2)cc1.Cc1cccc2c1-c1ccccc1C2(C)C. The highest BCUT2D eigenvalue weighted by atomic mass is 15.0. The number of nitrogens with zero attached hydrogens (tertiary/aromatic N) is 1. The maximum Gasteiger partial charge on any atom is 0.0547 e. The molecule has 1 nitrogen and oxygen atoms in total. The summed E-state index contributed by atoms with van der Waals surface area (Å²) in [6, 6.07) is 69.2. The quantitative estimate of drug-likeness (QED) is 0.172. The number of hydrogen-bond donors (Lipinski definition) is 0. The third kappa shape index (κ3) is 6.91. The molecule has 1 heterocycles. The molecule has 1 aromatic heterocycles. The van der Waals surface area contributed by atoms with E-state index in [-0.39, 0.29) is 5.41 Å². The van der Waals surface area contributed by atoms with Crippen molar-refractivity contribution in [3.05, 3.63) is 222 Å². The highest BCUT2D eigenvalue weighted by Gasteiger charge is 2.35. The molecule has 0 spiro atoms. The number of benzene rings is 8. The van der Waals surface area contributed by atoms with Crippen molar-refractivity contribution < 1.29 is 0 Å². The minimum Gasteiger partial charge on any atom is -0.309 e. The third-order valence-corrected chi connectivity index (χ3v) is 11.0. The van der Waals surface area contributed by atoms with E-state index in [1.54, 1.807) is 0 Å². The van der Waals surface area contributed by atoms with Crippen LogP contribution in [0.25, 0.3) is 60.9 Å². The van der Waals surface area contributed by atoms with Crippen LogP contribution in [0.5, 0.6) is 0 Å². The molecule has 0 amide bonds. The first-order valence-electron chi connectivity index (χ1n) is 19.3. The zero-order valence-corrected chi connectivity index (χ0v) is 32.4. The van der Waals surface area contributed by atoms with Crippen molar-refractivity contribution in [3.63, 3.8) is 0 Å². The second kappa shape index (κ2) is 15.1. The topological polar surface area (TPSA) is 4.93 Å². The van der Waals surface area contributed by atoms with Crippen LogP contribution >= 0.6 is 0 Å². The molecule has 8 aromatic carbocycles. The molecule has 0 unspecified atom stereocenters. The van der Waals surface area contributed by atoms with Gasteiger partial charge in [-0.05, 0) is 95.1 Å². The van der Waals surface area contributed by atoms with E-state index in [4.69, 9.17) is 0 Å². The van der Waals surface area contributed by atoms with Crippen molar-refractivity contribution in [2.24, 2.45) is 0 Å². The molecule has 1 heteroatoms. The molecular formula is C54H47N. The predicted octanol–water partition coefficient (Wildman–Crippen LogP) is 14.7. The van der Waals surface area contributed by atoms with Gasteiger partial charge in [0.25, 0.3) is 0 Å². The van der Waals surface area contributed by atoms with E-state index in [1.165, 1.54) is 88.7 Å². The second-order valence-electron chi connectivity index (χ2n) is 15.2. The van der Waals surface area contributed by atoms with Crippen LogP contribution in [0.2, 0.25) is 0 Å². The zero-order valence-electron chi connectivity index (χ0n) is 32.4. The molecule has 0 radical (unpaired) electrons. The highest BCUT2D eigenvalue weighted by Crippen LogP contribution is 2.49. The monoisotopic (exact) mass is 709 g/mol. The Balaban J connectivity index is 0.000000126. The summed E-state index contributed by atoms with van der Waals surface area (Å²) in [5.74, 6) is 0. The smallest absolute Gasteiger partial charge is 0.0547 e. The Hall–Kier alpha value is -6.44. The van der Waals surface area contributed by atoms with E-state index < -0.39 is 0 Å². The van der Waals surface area contributed by atoms with Crippen molar-refractivity contribution in [3.8, 4) is 39.1 Å². The van der Waals surface area contributed by atoms with E-state index in [1.807, 2.05) is 6.07 Å².